The van der Waals surface area contributed by atoms with Gasteiger partial charge in [0.15, 0.2) is 0 Å². The van der Waals surface area contributed by atoms with Gasteiger partial charge < -0.3 is 9.47 Å². The molecule has 0 heterocycles. The minimum atomic E-state index is -0.431. The SMILES string of the molecule is CC(C)[C@@H]1CC[C@@H](C)CC1OC(=O)/C=C/C(=O)O[C@@H]1C[C@H](C)CC[C@H]1C(C)C. The molecule has 2 aliphatic carbocycles. The topological polar surface area (TPSA) is 52.6 Å². The van der Waals surface area contributed by atoms with E-state index in [2.05, 4.69) is 41.5 Å². The van der Waals surface area contributed by atoms with Crippen molar-refractivity contribution < 1.29 is 19.1 Å². The van der Waals surface area contributed by atoms with Crippen LogP contribution in [0.1, 0.15) is 80.1 Å². The first-order chi connectivity index (χ1) is 13.2. The van der Waals surface area contributed by atoms with E-state index in [9.17, 15) is 9.59 Å². The fourth-order valence-electron chi connectivity index (χ4n) is 5.01. The van der Waals surface area contributed by atoms with Crippen LogP contribution in [-0.4, -0.2) is 24.1 Å². The summed E-state index contributed by atoms with van der Waals surface area (Å²) in [4.78, 5) is 24.6. The van der Waals surface area contributed by atoms with Gasteiger partial charge in [-0.3, -0.25) is 0 Å². The molecule has 0 radical (unpaired) electrons. The lowest BCUT2D eigenvalue weighted by molar-refractivity contribution is -0.152. The molecule has 0 saturated heterocycles. The highest BCUT2D eigenvalue weighted by Gasteiger charge is 2.34. The van der Waals surface area contributed by atoms with Crippen molar-refractivity contribution in [2.24, 2.45) is 35.5 Å². The Labute approximate surface area is 171 Å². The van der Waals surface area contributed by atoms with Gasteiger partial charge in [-0.05, 0) is 61.2 Å². The van der Waals surface area contributed by atoms with Gasteiger partial charge in [-0.25, -0.2) is 9.59 Å². The van der Waals surface area contributed by atoms with Crippen molar-refractivity contribution in [1.82, 2.24) is 0 Å². The Morgan fingerprint density at radius 2 is 1.07 bits per heavy atom. The third-order valence-electron chi connectivity index (χ3n) is 6.81. The molecule has 4 nitrogen and oxygen atoms in total. The molecule has 28 heavy (non-hydrogen) atoms. The Kier molecular flexibility index (Phi) is 8.57. The number of carbonyl (C=O) groups is 2. The van der Waals surface area contributed by atoms with Gasteiger partial charge in [0.1, 0.15) is 12.2 Å². The molecular weight excluding hydrogens is 352 g/mol. The van der Waals surface area contributed by atoms with Crippen molar-refractivity contribution >= 4 is 11.9 Å². The molecule has 0 aromatic carbocycles. The van der Waals surface area contributed by atoms with Crippen LogP contribution in [0.4, 0.5) is 0 Å². The average Bonchev–Trinajstić information content (AvgIpc) is 2.59. The number of carbonyl (C=O) groups excluding carboxylic acids is 2. The van der Waals surface area contributed by atoms with Crippen LogP contribution < -0.4 is 0 Å². The maximum atomic E-state index is 12.3. The zero-order valence-electron chi connectivity index (χ0n) is 18.6. The van der Waals surface area contributed by atoms with Gasteiger partial charge in [-0.2, -0.15) is 0 Å². The molecule has 2 rings (SSSR count). The van der Waals surface area contributed by atoms with E-state index in [-0.39, 0.29) is 12.2 Å². The van der Waals surface area contributed by atoms with E-state index in [0.29, 0.717) is 35.5 Å². The lowest BCUT2D eigenvalue weighted by Gasteiger charge is -2.36. The minimum Gasteiger partial charge on any atom is -0.459 e. The molecule has 0 amide bonds. The second-order valence-electron chi connectivity index (χ2n) is 9.94. The predicted octanol–water partition coefficient (Wildman–Crippen LogP) is 5.55. The third-order valence-corrected chi connectivity index (χ3v) is 6.81. The molecular formula is C24H40O4. The molecule has 0 N–H and O–H groups in total. The second-order valence-corrected chi connectivity index (χ2v) is 9.94. The molecule has 0 aromatic rings. The Morgan fingerprint density at radius 3 is 1.39 bits per heavy atom. The summed E-state index contributed by atoms with van der Waals surface area (Å²) in [5.74, 6) is 2.05. The smallest absolute Gasteiger partial charge is 0.331 e. The largest absolute Gasteiger partial charge is 0.459 e. The van der Waals surface area contributed by atoms with Gasteiger partial charge in [0, 0.05) is 12.2 Å². The van der Waals surface area contributed by atoms with Crippen molar-refractivity contribution in [3.8, 4) is 0 Å². The summed E-state index contributed by atoms with van der Waals surface area (Å²) in [6, 6.07) is 0. The highest BCUT2D eigenvalue weighted by molar-refractivity contribution is 5.91. The quantitative estimate of drug-likeness (QED) is 0.439. The molecule has 2 saturated carbocycles. The molecule has 2 fully saturated rings. The highest BCUT2D eigenvalue weighted by Crippen LogP contribution is 2.36. The monoisotopic (exact) mass is 392 g/mol. The van der Waals surface area contributed by atoms with E-state index in [1.54, 1.807) is 0 Å². The zero-order chi connectivity index (χ0) is 20.8. The van der Waals surface area contributed by atoms with E-state index < -0.39 is 11.9 Å². The van der Waals surface area contributed by atoms with Crippen molar-refractivity contribution in [3.63, 3.8) is 0 Å². The van der Waals surface area contributed by atoms with Crippen LogP contribution in [-0.2, 0) is 19.1 Å². The first-order valence-corrected chi connectivity index (χ1v) is 11.3. The maximum absolute atomic E-state index is 12.3. The molecule has 1 unspecified atom stereocenters. The predicted molar refractivity (Wildman–Crippen MR) is 112 cm³/mol. The van der Waals surface area contributed by atoms with Crippen LogP contribution in [0.25, 0.3) is 0 Å². The van der Waals surface area contributed by atoms with Crippen LogP contribution in [0.15, 0.2) is 12.2 Å². The number of hydrogen-bond donors (Lipinski definition) is 0. The van der Waals surface area contributed by atoms with Gasteiger partial charge in [0.25, 0.3) is 0 Å². The number of hydrogen-bond acceptors (Lipinski definition) is 4. The fourth-order valence-corrected chi connectivity index (χ4v) is 5.01. The van der Waals surface area contributed by atoms with Gasteiger partial charge in [-0.1, -0.05) is 54.4 Å². The average molecular weight is 393 g/mol. The van der Waals surface area contributed by atoms with E-state index >= 15 is 0 Å². The van der Waals surface area contributed by atoms with Crippen molar-refractivity contribution in [3.05, 3.63) is 12.2 Å². The normalized spacial score (nSPS) is 34.0. The molecule has 2 aliphatic rings. The first-order valence-electron chi connectivity index (χ1n) is 11.3. The minimum absolute atomic E-state index is 0.0542. The van der Waals surface area contributed by atoms with Crippen LogP contribution in [0.3, 0.4) is 0 Å². The van der Waals surface area contributed by atoms with Crippen molar-refractivity contribution in [1.29, 1.82) is 0 Å². The maximum Gasteiger partial charge on any atom is 0.331 e. The standard InChI is InChI=1S/C24H40O4/c1-15(2)19-9-7-17(5)13-21(19)27-23(25)11-12-24(26)28-22-14-18(6)8-10-20(22)16(3)4/h11-12,15-22H,7-10,13-14H2,1-6H3/b12-11+/t17-,18-,19+,20+,21-,22?/m1/s1. The Bertz CT molecular complexity index is 503. The number of rotatable bonds is 6. The summed E-state index contributed by atoms with van der Waals surface area (Å²) in [5, 5.41) is 0. The van der Waals surface area contributed by atoms with Crippen molar-refractivity contribution in [2.75, 3.05) is 0 Å². The summed E-state index contributed by atoms with van der Waals surface area (Å²) in [5.41, 5.74) is 0. The van der Waals surface area contributed by atoms with E-state index in [0.717, 1.165) is 25.7 Å². The van der Waals surface area contributed by atoms with Gasteiger partial charge in [0.2, 0.25) is 0 Å². The first kappa shape index (κ1) is 23.0. The summed E-state index contributed by atoms with van der Waals surface area (Å²) in [7, 11) is 0. The van der Waals surface area contributed by atoms with Gasteiger partial charge >= 0.3 is 11.9 Å². The van der Waals surface area contributed by atoms with Gasteiger partial charge in [-0.15, -0.1) is 0 Å². The van der Waals surface area contributed by atoms with Gasteiger partial charge in [0.05, 0.1) is 0 Å². The molecule has 4 heteroatoms. The lowest BCUT2D eigenvalue weighted by atomic mass is 9.75. The van der Waals surface area contributed by atoms with Crippen LogP contribution in [0.5, 0.6) is 0 Å². The Hall–Kier alpha value is -1.32. The number of esters is 2. The van der Waals surface area contributed by atoms with Crippen LogP contribution in [0, 0.1) is 35.5 Å². The lowest BCUT2D eigenvalue weighted by Crippen LogP contribution is -2.36. The Balaban J connectivity index is 1.89. The van der Waals surface area contributed by atoms with E-state index in [4.69, 9.17) is 9.47 Å². The molecule has 0 bridgehead atoms. The summed E-state index contributed by atoms with van der Waals surface area (Å²) in [6.07, 6.45) is 8.77. The Morgan fingerprint density at radius 1 is 0.714 bits per heavy atom. The van der Waals surface area contributed by atoms with Crippen LogP contribution in [0.2, 0.25) is 0 Å². The molecule has 160 valence electrons. The van der Waals surface area contributed by atoms with E-state index in [1.807, 2.05) is 0 Å². The fraction of sp³-hybridized carbons (Fsp3) is 0.833. The van der Waals surface area contributed by atoms with Crippen LogP contribution >= 0.6 is 0 Å². The molecule has 0 aliphatic heterocycles. The summed E-state index contributed by atoms with van der Waals surface area (Å²) in [6.45, 7) is 13.2. The number of ether oxygens (including phenoxy) is 2. The summed E-state index contributed by atoms with van der Waals surface area (Å²) < 4.78 is 11.4. The molecule has 0 aromatic heterocycles. The zero-order valence-corrected chi connectivity index (χ0v) is 18.6. The third kappa shape index (κ3) is 6.63. The molecule has 6 atom stereocenters. The highest BCUT2D eigenvalue weighted by atomic mass is 16.5. The second kappa shape index (κ2) is 10.5. The summed E-state index contributed by atoms with van der Waals surface area (Å²) >= 11 is 0. The van der Waals surface area contributed by atoms with Crippen molar-refractivity contribution in [2.45, 2.75) is 92.3 Å². The van der Waals surface area contributed by atoms with E-state index in [1.165, 1.54) is 25.0 Å². The molecule has 0 spiro atoms.